The molecular formula is C16H19NO. The van der Waals surface area contributed by atoms with Gasteiger partial charge in [0.2, 0.25) is 0 Å². The quantitative estimate of drug-likeness (QED) is 0.890. The molecule has 0 unspecified atom stereocenters. The first-order chi connectivity index (χ1) is 8.81. The number of methoxy groups -OCH3 is 1. The first-order valence-electron chi connectivity index (χ1n) is 6.62. The molecule has 18 heavy (non-hydrogen) atoms. The van der Waals surface area contributed by atoms with Gasteiger partial charge in [-0.2, -0.15) is 0 Å². The van der Waals surface area contributed by atoms with E-state index in [1.54, 1.807) is 7.11 Å². The molecule has 1 aliphatic carbocycles. The Morgan fingerprint density at radius 1 is 1.17 bits per heavy atom. The van der Waals surface area contributed by atoms with E-state index in [0.29, 0.717) is 5.92 Å². The molecule has 0 aliphatic heterocycles. The van der Waals surface area contributed by atoms with Crippen LogP contribution in [0, 0.1) is 5.92 Å². The zero-order chi connectivity index (χ0) is 12.5. The molecule has 2 N–H and O–H groups in total. The van der Waals surface area contributed by atoms with Crippen LogP contribution in [0.5, 0.6) is 5.75 Å². The average molecular weight is 241 g/mol. The molecule has 0 heterocycles. The number of rotatable bonds is 3. The van der Waals surface area contributed by atoms with Crippen LogP contribution in [0.2, 0.25) is 0 Å². The number of ether oxygens (including phenoxy) is 1. The molecule has 2 aromatic rings. The molecule has 0 aromatic heterocycles. The summed E-state index contributed by atoms with van der Waals surface area (Å²) in [5.41, 5.74) is 7.64. The largest absolute Gasteiger partial charge is 0.496 e. The molecule has 2 nitrogen and oxygen atoms in total. The molecule has 94 valence electrons. The van der Waals surface area contributed by atoms with E-state index in [1.807, 2.05) is 6.07 Å². The zero-order valence-corrected chi connectivity index (χ0v) is 10.7. The van der Waals surface area contributed by atoms with Gasteiger partial charge >= 0.3 is 0 Å². The van der Waals surface area contributed by atoms with Gasteiger partial charge in [-0.25, -0.2) is 0 Å². The lowest BCUT2D eigenvalue weighted by Gasteiger charge is -2.32. The number of hydrogen-bond donors (Lipinski definition) is 1. The molecule has 0 radical (unpaired) electrons. The lowest BCUT2D eigenvalue weighted by Crippen LogP contribution is -2.27. The van der Waals surface area contributed by atoms with Crippen molar-refractivity contribution in [2.75, 3.05) is 7.11 Å². The normalized spacial score (nSPS) is 17.4. The van der Waals surface area contributed by atoms with Gasteiger partial charge in [-0.3, -0.25) is 0 Å². The van der Waals surface area contributed by atoms with Gasteiger partial charge in [-0.05, 0) is 35.6 Å². The maximum absolute atomic E-state index is 6.46. The molecule has 1 aliphatic rings. The van der Waals surface area contributed by atoms with Crippen molar-refractivity contribution in [3.05, 3.63) is 42.0 Å². The van der Waals surface area contributed by atoms with Gasteiger partial charge in [-0.15, -0.1) is 0 Å². The minimum absolute atomic E-state index is 0.0970. The van der Waals surface area contributed by atoms with Crippen molar-refractivity contribution >= 4 is 10.8 Å². The molecule has 0 amide bonds. The highest BCUT2D eigenvalue weighted by Gasteiger charge is 2.28. The van der Waals surface area contributed by atoms with E-state index in [0.717, 1.165) is 5.75 Å². The minimum atomic E-state index is 0.0970. The minimum Gasteiger partial charge on any atom is -0.496 e. The van der Waals surface area contributed by atoms with Crippen molar-refractivity contribution in [2.24, 2.45) is 11.7 Å². The summed E-state index contributed by atoms with van der Waals surface area (Å²) in [4.78, 5) is 0. The van der Waals surface area contributed by atoms with Gasteiger partial charge in [0, 0.05) is 11.6 Å². The van der Waals surface area contributed by atoms with E-state index in [9.17, 15) is 0 Å². The van der Waals surface area contributed by atoms with Crippen molar-refractivity contribution in [1.29, 1.82) is 0 Å². The third-order valence-electron chi connectivity index (χ3n) is 4.14. The van der Waals surface area contributed by atoms with Crippen LogP contribution in [-0.4, -0.2) is 7.11 Å². The summed E-state index contributed by atoms with van der Waals surface area (Å²) in [6.07, 6.45) is 3.80. The number of hydrogen-bond acceptors (Lipinski definition) is 2. The van der Waals surface area contributed by atoms with Crippen molar-refractivity contribution in [3.8, 4) is 5.75 Å². The second-order valence-corrected chi connectivity index (χ2v) is 5.12. The molecule has 2 aromatic carbocycles. The molecule has 1 saturated carbocycles. The molecule has 1 fully saturated rings. The molecule has 1 atom stereocenters. The molecule has 2 heteroatoms. The van der Waals surface area contributed by atoms with Crippen molar-refractivity contribution in [2.45, 2.75) is 25.3 Å². The zero-order valence-electron chi connectivity index (χ0n) is 10.7. The summed E-state index contributed by atoms with van der Waals surface area (Å²) in [5, 5.41) is 2.47. The highest BCUT2D eigenvalue weighted by Crippen LogP contribution is 2.42. The van der Waals surface area contributed by atoms with Gasteiger partial charge in [0.1, 0.15) is 5.75 Å². The standard InChI is InChI=1S/C16H19NO/c1-18-14-10-9-11-5-2-3-8-13(11)15(14)16(17)12-6-4-7-12/h2-3,5,8-10,12,16H,4,6-7,17H2,1H3/t16-/m0/s1. The lowest BCUT2D eigenvalue weighted by atomic mass is 9.76. The SMILES string of the molecule is COc1ccc2ccccc2c1[C@@H](N)C1CCC1. The Morgan fingerprint density at radius 3 is 2.61 bits per heavy atom. The molecular weight excluding hydrogens is 222 g/mol. The summed E-state index contributed by atoms with van der Waals surface area (Å²) in [5.74, 6) is 1.54. The van der Waals surface area contributed by atoms with Crippen molar-refractivity contribution in [3.63, 3.8) is 0 Å². The third kappa shape index (κ3) is 1.77. The van der Waals surface area contributed by atoms with Crippen LogP contribution in [0.1, 0.15) is 30.9 Å². The summed E-state index contributed by atoms with van der Waals surface area (Å²) < 4.78 is 5.51. The summed E-state index contributed by atoms with van der Waals surface area (Å²) in [7, 11) is 1.72. The van der Waals surface area contributed by atoms with Gasteiger partial charge < -0.3 is 10.5 Å². The van der Waals surface area contributed by atoms with Crippen LogP contribution in [0.25, 0.3) is 10.8 Å². The lowest BCUT2D eigenvalue weighted by molar-refractivity contribution is 0.261. The van der Waals surface area contributed by atoms with Gasteiger partial charge in [0.05, 0.1) is 7.11 Å². The molecule has 3 rings (SSSR count). The monoisotopic (exact) mass is 241 g/mol. The van der Waals surface area contributed by atoms with Crippen molar-refractivity contribution in [1.82, 2.24) is 0 Å². The first-order valence-corrected chi connectivity index (χ1v) is 6.62. The van der Waals surface area contributed by atoms with E-state index in [4.69, 9.17) is 10.5 Å². The van der Waals surface area contributed by atoms with Gasteiger partial charge in [-0.1, -0.05) is 36.8 Å². The Hall–Kier alpha value is -1.54. The van der Waals surface area contributed by atoms with Crippen LogP contribution in [-0.2, 0) is 0 Å². The predicted octanol–water partition coefficient (Wildman–Crippen LogP) is 3.65. The Balaban J connectivity index is 2.16. The maximum atomic E-state index is 6.46. The van der Waals surface area contributed by atoms with Crippen LogP contribution in [0.4, 0.5) is 0 Å². The second kappa shape index (κ2) is 4.62. The third-order valence-corrected chi connectivity index (χ3v) is 4.14. The Labute approximate surface area is 108 Å². The highest BCUT2D eigenvalue weighted by molar-refractivity contribution is 5.88. The number of nitrogens with two attached hydrogens (primary N) is 1. The number of fused-ring (bicyclic) bond motifs is 1. The molecule has 0 spiro atoms. The van der Waals surface area contributed by atoms with Crippen LogP contribution in [0.3, 0.4) is 0 Å². The van der Waals surface area contributed by atoms with E-state index in [1.165, 1.54) is 35.6 Å². The van der Waals surface area contributed by atoms with E-state index in [-0.39, 0.29) is 6.04 Å². The van der Waals surface area contributed by atoms with E-state index < -0.39 is 0 Å². The second-order valence-electron chi connectivity index (χ2n) is 5.12. The van der Waals surface area contributed by atoms with Crippen LogP contribution in [0.15, 0.2) is 36.4 Å². The fourth-order valence-corrected chi connectivity index (χ4v) is 2.83. The summed E-state index contributed by atoms with van der Waals surface area (Å²) in [6.45, 7) is 0. The van der Waals surface area contributed by atoms with Crippen LogP contribution >= 0.6 is 0 Å². The smallest absolute Gasteiger partial charge is 0.124 e. The van der Waals surface area contributed by atoms with Crippen LogP contribution < -0.4 is 10.5 Å². The molecule has 0 saturated heterocycles. The molecule has 0 bridgehead atoms. The Morgan fingerprint density at radius 2 is 1.94 bits per heavy atom. The van der Waals surface area contributed by atoms with Crippen molar-refractivity contribution < 1.29 is 4.74 Å². The van der Waals surface area contributed by atoms with Gasteiger partial charge in [0.15, 0.2) is 0 Å². The van der Waals surface area contributed by atoms with E-state index >= 15 is 0 Å². The predicted molar refractivity (Wildman–Crippen MR) is 74.8 cm³/mol. The fraction of sp³-hybridized carbons (Fsp3) is 0.375. The average Bonchev–Trinajstić information content (AvgIpc) is 2.35. The van der Waals surface area contributed by atoms with E-state index in [2.05, 4.69) is 30.3 Å². The first kappa shape index (κ1) is 11.5. The Bertz CT molecular complexity index is 560. The fourth-order valence-electron chi connectivity index (χ4n) is 2.83. The summed E-state index contributed by atoms with van der Waals surface area (Å²) >= 11 is 0. The number of benzene rings is 2. The highest BCUT2D eigenvalue weighted by atomic mass is 16.5. The topological polar surface area (TPSA) is 35.2 Å². The Kier molecular flexibility index (Phi) is 2.96. The van der Waals surface area contributed by atoms with Gasteiger partial charge in [0.25, 0.3) is 0 Å². The maximum Gasteiger partial charge on any atom is 0.124 e. The summed E-state index contributed by atoms with van der Waals surface area (Å²) in [6, 6.07) is 12.6.